The van der Waals surface area contributed by atoms with Crippen LogP contribution in [0.5, 0.6) is 5.75 Å². The maximum Gasteiger partial charge on any atom is 0.123 e. The third-order valence-electron chi connectivity index (χ3n) is 2.24. The molecule has 0 aliphatic rings. The number of thiazole rings is 1. The van der Waals surface area contributed by atoms with E-state index in [0.717, 1.165) is 22.0 Å². The van der Waals surface area contributed by atoms with Crippen molar-refractivity contribution in [2.75, 3.05) is 13.7 Å². The molecule has 2 rings (SSSR count). The van der Waals surface area contributed by atoms with Crippen molar-refractivity contribution in [1.82, 2.24) is 4.98 Å². The van der Waals surface area contributed by atoms with Crippen molar-refractivity contribution >= 4 is 11.3 Å². The van der Waals surface area contributed by atoms with Crippen LogP contribution >= 0.6 is 11.3 Å². The molecule has 1 heterocycles. The van der Waals surface area contributed by atoms with Gasteiger partial charge in [-0.1, -0.05) is 12.1 Å². The van der Waals surface area contributed by atoms with Crippen LogP contribution in [0.4, 0.5) is 0 Å². The van der Waals surface area contributed by atoms with Crippen LogP contribution in [0.15, 0.2) is 29.6 Å². The minimum atomic E-state index is 0.140. The van der Waals surface area contributed by atoms with E-state index in [-0.39, 0.29) is 6.61 Å². The Kier molecular flexibility index (Phi) is 3.54. The molecule has 0 radical (unpaired) electrons. The van der Waals surface area contributed by atoms with Gasteiger partial charge in [-0.25, -0.2) is 4.98 Å². The molecule has 0 amide bonds. The van der Waals surface area contributed by atoms with Gasteiger partial charge in [-0.3, -0.25) is 0 Å². The first-order valence-electron chi connectivity index (χ1n) is 5.03. The van der Waals surface area contributed by atoms with Gasteiger partial charge in [0.1, 0.15) is 10.8 Å². The summed E-state index contributed by atoms with van der Waals surface area (Å²) < 4.78 is 5.17. The van der Waals surface area contributed by atoms with E-state index in [1.165, 1.54) is 0 Å². The number of hydrogen-bond donors (Lipinski definition) is 1. The zero-order chi connectivity index (χ0) is 11.4. The van der Waals surface area contributed by atoms with E-state index in [1.807, 2.05) is 29.6 Å². The van der Waals surface area contributed by atoms with Crippen LogP contribution in [-0.2, 0) is 6.42 Å². The molecular weight excluding hydrogens is 222 g/mol. The lowest BCUT2D eigenvalue weighted by Gasteiger charge is -2.01. The normalized spacial score (nSPS) is 10.4. The highest BCUT2D eigenvalue weighted by atomic mass is 32.1. The Morgan fingerprint density at radius 2 is 2.31 bits per heavy atom. The fraction of sp³-hybridized carbons (Fsp3) is 0.250. The number of aliphatic hydroxyl groups excluding tert-OH is 1. The molecule has 1 aromatic carbocycles. The number of nitrogens with zero attached hydrogens (tertiary/aromatic N) is 1. The molecule has 0 unspecified atom stereocenters. The predicted molar refractivity (Wildman–Crippen MR) is 64.9 cm³/mol. The van der Waals surface area contributed by atoms with Gasteiger partial charge >= 0.3 is 0 Å². The van der Waals surface area contributed by atoms with Crippen molar-refractivity contribution in [1.29, 1.82) is 0 Å². The molecule has 0 saturated heterocycles. The molecule has 2 aromatic rings. The van der Waals surface area contributed by atoms with Crippen LogP contribution in [0.2, 0.25) is 0 Å². The fourth-order valence-corrected chi connectivity index (χ4v) is 2.28. The number of ether oxygens (including phenoxy) is 1. The smallest absolute Gasteiger partial charge is 0.123 e. The van der Waals surface area contributed by atoms with Crippen molar-refractivity contribution in [2.45, 2.75) is 6.42 Å². The molecule has 0 aliphatic carbocycles. The van der Waals surface area contributed by atoms with E-state index in [9.17, 15) is 0 Å². The average Bonchev–Trinajstić information content (AvgIpc) is 2.78. The van der Waals surface area contributed by atoms with Gasteiger partial charge in [-0.15, -0.1) is 11.3 Å². The Morgan fingerprint density at radius 3 is 3.06 bits per heavy atom. The van der Waals surface area contributed by atoms with Crippen molar-refractivity contribution in [3.63, 3.8) is 0 Å². The quantitative estimate of drug-likeness (QED) is 0.884. The maximum atomic E-state index is 8.83. The molecular formula is C12H13NO2S. The highest BCUT2D eigenvalue weighted by molar-refractivity contribution is 7.13. The van der Waals surface area contributed by atoms with Crippen LogP contribution in [0.1, 0.15) is 5.69 Å². The number of methoxy groups -OCH3 is 1. The second kappa shape index (κ2) is 5.09. The van der Waals surface area contributed by atoms with Crippen molar-refractivity contribution in [3.8, 4) is 16.3 Å². The molecule has 0 spiro atoms. The van der Waals surface area contributed by atoms with Gasteiger partial charge in [0.05, 0.1) is 12.8 Å². The number of aliphatic hydroxyl groups is 1. The second-order valence-corrected chi connectivity index (χ2v) is 4.21. The maximum absolute atomic E-state index is 8.83. The standard InChI is InChI=1S/C12H13NO2S/c1-15-11-4-2-3-9(7-11)12-13-10(5-6-14)8-16-12/h2-4,7-8,14H,5-6H2,1H3. The first-order chi connectivity index (χ1) is 7.83. The minimum absolute atomic E-state index is 0.140. The zero-order valence-corrected chi connectivity index (χ0v) is 9.83. The van der Waals surface area contributed by atoms with Crippen LogP contribution in [0.25, 0.3) is 10.6 Å². The van der Waals surface area contributed by atoms with Gasteiger partial charge < -0.3 is 9.84 Å². The molecule has 0 aliphatic heterocycles. The number of rotatable bonds is 4. The molecule has 1 aromatic heterocycles. The van der Waals surface area contributed by atoms with Crippen LogP contribution < -0.4 is 4.74 Å². The summed E-state index contributed by atoms with van der Waals surface area (Å²) >= 11 is 1.58. The lowest BCUT2D eigenvalue weighted by molar-refractivity contribution is 0.298. The third-order valence-corrected chi connectivity index (χ3v) is 3.18. The lowest BCUT2D eigenvalue weighted by atomic mass is 10.2. The summed E-state index contributed by atoms with van der Waals surface area (Å²) in [6.45, 7) is 0.140. The topological polar surface area (TPSA) is 42.4 Å². The number of hydrogen-bond acceptors (Lipinski definition) is 4. The predicted octanol–water partition coefficient (Wildman–Crippen LogP) is 2.35. The lowest BCUT2D eigenvalue weighted by Crippen LogP contribution is -1.90. The van der Waals surface area contributed by atoms with Gasteiger partial charge in [0.25, 0.3) is 0 Å². The first kappa shape index (κ1) is 11.1. The highest BCUT2D eigenvalue weighted by Gasteiger charge is 2.05. The van der Waals surface area contributed by atoms with Gasteiger partial charge in [0.15, 0.2) is 0 Å². The summed E-state index contributed by atoms with van der Waals surface area (Å²) in [5.41, 5.74) is 1.99. The molecule has 1 N–H and O–H groups in total. The summed E-state index contributed by atoms with van der Waals surface area (Å²) in [5, 5.41) is 11.8. The summed E-state index contributed by atoms with van der Waals surface area (Å²) in [4.78, 5) is 4.45. The van der Waals surface area contributed by atoms with Crippen LogP contribution in [0, 0.1) is 0 Å². The van der Waals surface area contributed by atoms with E-state index in [2.05, 4.69) is 4.98 Å². The number of benzene rings is 1. The van der Waals surface area contributed by atoms with Gasteiger partial charge in [-0.2, -0.15) is 0 Å². The highest BCUT2D eigenvalue weighted by Crippen LogP contribution is 2.26. The second-order valence-electron chi connectivity index (χ2n) is 3.35. The largest absolute Gasteiger partial charge is 0.497 e. The fourth-order valence-electron chi connectivity index (χ4n) is 1.43. The summed E-state index contributed by atoms with van der Waals surface area (Å²) in [6, 6.07) is 7.82. The van der Waals surface area contributed by atoms with Crippen LogP contribution in [-0.4, -0.2) is 23.8 Å². The van der Waals surface area contributed by atoms with E-state index >= 15 is 0 Å². The first-order valence-corrected chi connectivity index (χ1v) is 5.91. The molecule has 0 saturated carbocycles. The monoisotopic (exact) mass is 235 g/mol. The van der Waals surface area contributed by atoms with E-state index in [0.29, 0.717) is 6.42 Å². The van der Waals surface area contributed by atoms with E-state index in [1.54, 1.807) is 18.4 Å². The van der Waals surface area contributed by atoms with Crippen molar-refractivity contribution in [2.24, 2.45) is 0 Å². The Morgan fingerprint density at radius 1 is 1.44 bits per heavy atom. The average molecular weight is 235 g/mol. The van der Waals surface area contributed by atoms with E-state index < -0.39 is 0 Å². The van der Waals surface area contributed by atoms with Crippen molar-refractivity contribution in [3.05, 3.63) is 35.3 Å². The minimum Gasteiger partial charge on any atom is -0.497 e. The molecule has 0 bridgehead atoms. The summed E-state index contributed by atoms with van der Waals surface area (Å²) in [6.07, 6.45) is 0.612. The van der Waals surface area contributed by atoms with Crippen LogP contribution in [0.3, 0.4) is 0 Å². The Hall–Kier alpha value is -1.39. The SMILES string of the molecule is COc1cccc(-c2nc(CCO)cs2)c1. The van der Waals surface area contributed by atoms with Gasteiger partial charge in [-0.05, 0) is 12.1 Å². The van der Waals surface area contributed by atoms with E-state index in [4.69, 9.17) is 9.84 Å². The summed E-state index contributed by atoms with van der Waals surface area (Å²) in [7, 11) is 1.65. The number of aromatic nitrogens is 1. The molecule has 4 heteroatoms. The Bertz CT molecular complexity index is 468. The summed E-state index contributed by atoms with van der Waals surface area (Å²) in [5.74, 6) is 0.830. The molecule has 0 fully saturated rings. The molecule has 0 atom stereocenters. The molecule has 84 valence electrons. The Labute approximate surface area is 98.4 Å². The molecule has 3 nitrogen and oxygen atoms in total. The Balaban J connectivity index is 2.27. The molecule has 16 heavy (non-hydrogen) atoms. The van der Waals surface area contributed by atoms with Crippen molar-refractivity contribution < 1.29 is 9.84 Å². The van der Waals surface area contributed by atoms with Gasteiger partial charge in [0.2, 0.25) is 0 Å². The van der Waals surface area contributed by atoms with Gasteiger partial charge in [0, 0.05) is 24.0 Å². The zero-order valence-electron chi connectivity index (χ0n) is 9.01. The third kappa shape index (κ3) is 2.40.